The highest BCUT2D eigenvalue weighted by Crippen LogP contribution is 2.40. The molecule has 0 N–H and O–H groups in total. The van der Waals surface area contributed by atoms with Crippen LogP contribution in [0.25, 0.3) is 0 Å². The molecule has 0 amide bonds. The van der Waals surface area contributed by atoms with Gasteiger partial charge < -0.3 is 4.74 Å². The van der Waals surface area contributed by atoms with Crippen LogP contribution < -0.4 is 0 Å². The first-order valence-corrected chi connectivity index (χ1v) is 3.99. The van der Waals surface area contributed by atoms with Crippen LogP contribution in [-0.4, -0.2) is 12.1 Å². The second-order valence-corrected chi connectivity index (χ2v) is 3.34. The molecule has 1 aliphatic heterocycles. The maximum absolute atomic E-state index is 11.0. The second-order valence-electron chi connectivity index (χ2n) is 3.34. The molecular weight excluding hydrogens is 128 g/mol. The first kappa shape index (κ1) is 6.20. The fraction of sp³-hybridized carbons (Fsp3) is 0.875. The third-order valence-electron chi connectivity index (χ3n) is 2.78. The Morgan fingerprint density at radius 3 is 3.00 bits per heavy atom. The summed E-state index contributed by atoms with van der Waals surface area (Å²) in [5.41, 5.74) is 0. The van der Waals surface area contributed by atoms with Gasteiger partial charge in [0.05, 0.1) is 5.92 Å². The van der Waals surface area contributed by atoms with E-state index in [1.165, 1.54) is 12.8 Å². The van der Waals surface area contributed by atoms with Gasteiger partial charge in [-0.05, 0) is 19.8 Å². The minimum Gasteiger partial charge on any atom is -0.462 e. The van der Waals surface area contributed by atoms with Crippen molar-refractivity contribution in [1.29, 1.82) is 0 Å². The Kier molecular flexibility index (Phi) is 1.22. The molecule has 0 aromatic rings. The molecule has 2 heteroatoms. The quantitative estimate of drug-likeness (QED) is 0.475. The van der Waals surface area contributed by atoms with Crippen molar-refractivity contribution in [2.45, 2.75) is 32.3 Å². The average Bonchev–Trinajstić information content (AvgIpc) is 2.39. The zero-order chi connectivity index (χ0) is 7.14. The molecule has 2 nitrogen and oxygen atoms in total. The lowest BCUT2D eigenvalue weighted by Crippen LogP contribution is -2.11. The Balaban J connectivity index is 2.19. The molecule has 1 aliphatic carbocycles. The topological polar surface area (TPSA) is 26.3 Å². The van der Waals surface area contributed by atoms with E-state index in [0.717, 1.165) is 6.42 Å². The highest BCUT2D eigenvalue weighted by atomic mass is 16.6. The SMILES string of the molecule is C[C@H]1OC(=O)[C@@H]2CCC[C@H]12. The summed E-state index contributed by atoms with van der Waals surface area (Å²) in [7, 11) is 0. The molecule has 2 fully saturated rings. The predicted octanol–water partition coefficient (Wildman–Crippen LogP) is 1.35. The molecule has 10 heavy (non-hydrogen) atoms. The molecule has 2 rings (SSSR count). The van der Waals surface area contributed by atoms with Crippen molar-refractivity contribution in [1.82, 2.24) is 0 Å². The van der Waals surface area contributed by atoms with Gasteiger partial charge in [-0.15, -0.1) is 0 Å². The summed E-state index contributed by atoms with van der Waals surface area (Å²) in [4.78, 5) is 11.0. The zero-order valence-electron chi connectivity index (χ0n) is 6.17. The van der Waals surface area contributed by atoms with Crippen molar-refractivity contribution in [3.63, 3.8) is 0 Å². The zero-order valence-corrected chi connectivity index (χ0v) is 6.17. The maximum Gasteiger partial charge on any atom is 0.309 e. The number of carbonyl (C=O) groups is 1. The van der Waals surface area contributed by atoms with Gasteiger partial charge in [-0.1, -0.05) is 6.42 Å². The van der Waals surface area contributed by atoms with Crippen LogP contribution in [0.3, 0.4) is 0 Å². The summed E-state index contributed by atoms with van der Waals surface area (Å²) >= 11 is 0. The van der Waals surface area contributed by atoms with Crippen LogP contribution in [-0.2, 0) is 9.53 Å². The number of hydrogen-bond acceptors (Lipinski definition) is 2. The minimum absolute atomic E-state index is 0.0509. The van der Waals surface area contributed by atoms with Gasteiger partial charge in [0.15, 0.2) is 0 Å². The standard InChI is InChI=1S/C8H12O2/c1-5-6-3-2-4-7(6)8(9)10-5/h5-7H,2-4H2,1H3/t5-,6-,7-/m1/s1. The summed E-state index contributed by atoms with van der Waals surface area (Å²) in [5.74, 6) is 0.859. The Labute approximate surface area is 60.6 Å². The van der Waals surface area contributed by atoms with Gasteiger partial charge in [0.25, 0.3) is 0 Å². The number of ether oxygens (including phenoxy) is 1. The first-order chi connectivity index (χ1) is 4.79. The molecule has 0 aromatic carbocycles. The van der Waals surface area contributed by atoms with Crippen LogP contribution in [0.15, 0.2) is 0 Å². The highest BCUT2D eigenvalue weighted by molar-refractivity contribution is 5.75. The molecule has 0 aromatic heterocycles. The van der Waals surface area contributed by atoms with Gasteiger partial charge in [0, 0.05) is 5.92 Å². The van der Waals surface area contributed by atoms with E-state index in [9.17, 15) is 4.79 Å². The van der Waals surface area contributed by atoms with Crippen LogP contribution in [0.1, 0.15) is 26.2 Å². The normalized spacial score (nSPS) is 45.3. The first-order valence-electron chi connectivity index (χ1n) is 3.99. The monoisotopic (exact) mass is 140 g/mol. The van der Waals surface area contributed by atoms with Crippen molar-refractivity contribution >= 4 is 5.97 Å². The fourth-order valence-corrected chi connectivity index (χ4v) is 2.20. The van der Waals surface area contributed by atoms with Gasteiger partial charge in [0.2, 0.25) is 0 Å². The van der Waals surface area contributed by atoms with E-state index >= 15 is 0 Å². The Morgan fingerprint density at radius 2 is 2.30 bits per heavy atom. The smallest absolute Gasteiger partial charge is 0.309 e. The molecule has 56 valence electrons. The van der Waals surface area contributed by atoms with E-state index in [1.807, 2.05) is 6.92 Å². The highest BCUT2D eigenvalue weighted by Gasteiger charge is 2.44. The molecule has 1 saturated heterocycles. The van der Waals surface area contributed by atoms with Crippen molar-refractivity contribution in [2.75, 3.05) is 0 Å². The number of carbonyl (C=O) groups excluding carboxylic acids is 1. The van der Waals surface area contributed by atoms with Crippen molar-refractivity contribution in [2.24, 2.45) is 11.8 Å². The van der Waals surface area contributed by atoms with Crippen LogP contribution in [0.4, 0.5) is 0 Å². The predicted molar refractivity (Wildman–Crippen MR) is 36.4 cm³/mol. The summed E-state index contributed by atoms with van der Waals surface area (Å²) < 4.78 is 5.09. The van der Waals surface area contributed by atoms with Gasteiger partial charge in [-0.2, -0.15) is 0 Å². The van der Waals surface area contributed by atoms with Crippen molar-refractivity contribution in [3.8, 4) is 0 Å². The molecule has 0 spiro atoms. The number of hydrogen-bond donors (Lipinski definition) is 0. The van der Waals surface area contributed by atoms with Crippen LogP contribution in [0.2, 0.25) is 0 Å². The lowest BCUT2D eigenvalue weighted by Gasteiger charge is -2.07. The number of fused-ring (bicyclic) bond motifs is 1. The molecule has 0 radical (unpaired) electrons. The van der Waals surface area contributed by atoms with E-state index in [-0.39, 0.29) is 18.0 Å². The molecule has 1 saturated carbocycles. The van der Waals surface area contributed by atoms with Crippen LogP contribution in [0.5, 0.6) is 0 Å². The molecule has 1 heterocycles. The Hall–Kier alpha value is -0.530. The molecule has 2 aliphatic rings. The van der Waals surface area contributed by atoms with Crippen LogP contribution in [0, 0.1) is 11.8 Å². The van der Waals surface area contributed by atoms with Crippen molar-refractivity contribution in [3.05, 3.63) is 0 Å². The van der Waals surface area contributed by atoms with Gasteiger partial charge >= 0.3 is 5.97 Å². The van der Waals surface area contributed by atoms with E-state index in [4.69, 9.17) is 4.74 Å². The van der Waals surface area contributed by atoms with E-state index in [1.54, 1.807) is 0 Å². The molecule has 0 unspecified atom stereocenters. The Bertz CT molecular complexity index is 165. The fourth-order valence-electron chi connectivity index (χ4n) is 2.20. The lowest BCUT2D eigenvalue weighted by molar-refractivity contribution is -0.144. The molecule has 0 bridgehead atoms. The number of esters is 1. The summed E-state index contributed by atoms with van der Waals surface area (Å²) in [6.45, 7) is 2.01. The third-order valence-corrected chi connectivity index (χ3v) is 2.78. The van der Waals surface area contributed by atoms with Crippen LogP contribution >= 0.6 is 0 Å². The lowest BCUT2D eigenvalue weighted by atomic mass is 9.95. The summed E-state index contributed by atoms with van der Waals surface area (Å²) in [5, 5.41) is 0. The second kappa shape index (κ2) is 1.97. The summed E-state index contributed by atoms with van der Waals surface area (Å²) in [6.07, 6.45) is 3.67. The third kappa shape index (κ3) is 0.678. The van der Waals surface area contributed by atoms with Gasteiger partial charge in [-0.25, -0.2) is 0 Å². The van der Waals surface area contributed by atoms with Crippen molar-refractivity contribution < 1.29 is 9.53 Å². The van der Waals surface area contributed by atoms with Gasteiger partial charge in [-0.3, -0.25) is 4.79 Å². The van der Waals surface area contributed by atoms with E-state index in [0.29, 0.717) is 5.92 Å². The molecule has 3 atom stereocenters. The average molecular weight is 140 g/mol. The number of rotatable bonds is 0. The maximum atomic E-state index is 11.0. The van der Waals surface area contributed by atoms with E-state index < -0.39 is 0 Å². The van der Waals surface area contributed by atoms with Gasteiger partial charge in [0.1, 0.15) is 6.10 Å². The largest absolute Gasteiger partial charge is 0.462 e. The Morgan fingerprint density at radius 1 is 1.50 bits per heavy atom. The van der Waals surface area contributed by atoms with E-state index in [2.05, 4.69) is 0 Å². The number of cyclic esters (lactones) is 1. The minimum atomic E-state index is 0.0509. The molecular formula is C8H12O2. The summed E-state index contributed by atoms with van der Waals surface area (Å²) in [6, 6.07) is 0.